The number of nitrogens with one attached hydrogen (secondary N) is 1. The molecular weight excluding hydrogens is 396 g/mol. The van der Waals surface area contributed by atoms with E-state index in [4.69, 9.17) is 9.47 Å². The Kier molecular flexibility index (Phi) is 4.39. The molecule has 1 atom stereocenters. The minimum absolute atomic E-state index is 0.0739. The van der Waals surface area contributed by atoms with Crippen LogP contribution in [0.25, 0.3) is 0 Å². The van der Waals surface area contributed by atoms with E-state index in [2.05, 4.69) is 5.32 Å². The van der Waals surface area contributed by atoms with E-state index in [9.17, 15) is 14.4 Å². The Labute approximate surface area is 178 Å². The Bertz CT molecular complexity index is 1170. The second-order valence-corrected chi connectivity index (χ2v) is 7.51. The van der Waals surface area contributed by atoms with Gasteiger partial charge in [-0.25, -0.2) is 4.79 Å². The lowest BCUT2D eigenvalue weighted by molar-refractivity contribution is -0.171. The molecule has 0 bridgehead atoms. The molecule has 3 aliphatic rings. The molecular formula is C24H20N2O5. The highest BCUT2D eigenvalue weighted by atomic mass is 16.6. The van der Waals surface area contributed by atoms with Crippen molar-refractivity contribution in [2.75, 3.05) is 20.2 Å². The number of ketones is 2. The zero-order chi connectivity index (χ0) is 21.6. The number of esters is 1. The summed E-state index contributed by atoms with van der Waals surface area (Å²) >= 11 is 0. The summed E-state index contributed by atoms with van der Waals surface area (Å²) in [6.07, 6.45) is 2.18. The number of Topliss-reactive ketones (excluding diaryl/α,β-unsaturated/α-hetero) is 2. The molecule has 1 N–H and O–H groups in total. The molecule has 7 nitrogen and oxygen atoms in total. The van der Waals surface area contributed by atoms with E-state index in [1.54, 1.807) is 53.4 Å². The number of carbonyl (C=O) groups is 3. The van der Waals surface area contributed by atoms with Crippen LogP contribution in [0.3, 0.4) is 0 Å². The van der Waals surface area contributed by atoms with Gasteiger partial charge in [0.05, 0.1) is 23.8 Å². The van der Waals surface area contributed by atoms with Gasteiger partial charge in [0.25, 0.3) is 0 Å². The predicted molar refractivity (Wildman–Crippen MR) is 111 cm³/mol. The van der Waals surface area contributed by atoms with Crippen LogP contribution in [0.5, 0.6) is 5.75 Å². The fraction of sp³-hybridized carbons (Fsp3) is 0.208. The van der Waals surface area contributed by atoms with Crippen LogP contribution < -0.4 is 10.1 Å². The summed E-state index contributed by atoms with van der Waals surface area (Å²) in [5.41, 5.74) is -0.567. The molecule has 3 heterocycles. The molecule has 1 fully saturated rings. The van der Waals surface area contributed by atoms with E-state index in [0.717, 1.165) is 0 Å². The largest absolute Gasteiger partial charge is 0.464 e. The van der Waals surface area contributed by atoms with E-state index in [0.29, 0.717) is 47.8 Å². The van der Waals surface area contributed by atoms with Crippen LogP contribution >= 0.6 is 0 Å². The van der Waals surface area contributed by atoms with Gasteiger partial charge in [-0.3, -0.25) is 9.59 Å². The number of benzene rings is 2. The second-order valence-electron chi connectivity index (χ2n) is 7.51. The molecule has 31 heavy (non-hydrogen) atoms. The number of methoxy groups -OCH3 is 1. The number of ether oxygens (including phenoxy) is 2. The number of para-hydroxylation sites is 1. The first-order valence-electron chi connectivity index (χ1n) is 10.1. The molecule has 0 aliphatic carbocycles. The standard InChI is InChI=1S/C24H20N2O5/c1-30-23(29)24-18(21(28)16-10-5-6-11-19(16)31-24)14-17(22-25-12-7-13-26(22)24)20(27)15-8-3-2-4-9-15/h2-6,8-11,14,25H,7,12-13H2,1H3. The highest BCUT2D eigenvalue weighted by Crippen LogP contribution is 2.45. The van der Waals surface area contributed by atoms with Gasteiger partial charge in [-0.05, 0) is 24.6 Å². The first-order chi connectivity index (χ1) is 15.1. The number of allylic oxidation sites excluding steroid dienone is 2. The average molecular weight is 416 g/mol. The smallest absolute Gasteiger partial charge is 0.377 e. The zero-order valence-corrected chi connectivity index (χ0v) is 16.9. The zero-order valence-electron chi connectivity index (χ0n) is 16.9. The minimum Gasteiger partial charge on any atom is -0.464 e. The van der Waals surface area contributed by atoms with Crippen LogP contribution in [0.1, 0.15) is 27.1 Å². The number of nitrogens with zero attached hydrogens (tertiary/aromatic N) is 1. The molecule has 0 saturated carbocycles. The van der Waals surface area contributed by atoms with Gasteiger partial charge in [0.15, 0.2) is 11.6 Å². The number of hydrogen-bond acceptors (Lipinski definition) is 7. The van der Waals surface area contributed by atoms with Gasteiger partial charge in [-0.1, -0.05) is 42.5 Å². The third kappa shape index (κ3) is 2.70. The van der Waals surface area contributed by atoms with Crippen LogP contribution in [-0.4, -0.2) is 48.4 Å². The fourth-order valence-corrected chi connectivity index (χ4v) is 4.36. The quantitative estimate of drug-likeness (QED) is 0.608. The lowest BCUT2D eigenvalue weighted by Crippen LogP contribution is -2.67. The third-order valence-corrected chi connectivity index (χ3v) is 5.79. The Hall–Kier alpha value is -3.87. The summed E-state index contributed by atoms with van der Waals surface area (Å²) in [5, 5.41) is 3.24. The molecule has 3 aliphatic heterocycles. The fourth-order valence-electron chi connectivity index (χ4n) is 4.36. The highest BCUT2D eigenvalue weighted by Gasteiger charge is 2.60. The summed E-state index contributed by atoms with van der Waals surface area (Å²) < 4.78 is 11.3. The maximum Gasteiger partial charge on any atom is 0.377 e. The van der Waals surface area contributed by atoms with Gasteiger partial charge < -0.3 is 19.7 Å². The molecule has 0 radical (unpaired) electrons. The minimum atomic E-state index is -1.79. The lowest BCUT2D eigenvalue weighted by atomic mass is 9.83. The van der Waals surface area contributed by atoms with E-state index < -0.39 is 11.7 Å². The Morgan fingerprint density at radius 1 is 1.10 bits per heavy atom. The van der Waals surface area contributed by atoms with Gasteiger partial charge >= 0.3 is 11.7 Å². The molecule has 1 unspecified atom stereocenters. The summed E-state index contributed by atoms with van der Waals surface area (Å²) in [5.74, 6) is -0.559. The number of fused-ring (bicyclic) bond motifs is 4. The van der Waals surface area contributed by atoms with Gasteiger partial charge in [-0.2, -0.15) is 0 Å². The highest BCUT2D eigenvalue weighted by molar-refractivity contribution is 6.20. The van der Waals surface area contributed by atoms with Crippen molar-refractivity contribution in [3.63, 3.8) is 0 Å². The van der Waals surface area contributed by atoms with E-state index in [1.165, 1.54) is 13.2 Å². The van der Waals surface area contributed by atoms with Crippen molar-refractivity contribution in [2.24, 2.45) is 0 Å². The van der Waals surface area contributed by atoms with Crippen molar-refractivity contribution in [3.8, 4) is 5.75 Å². The Balaban J connectivity index is 1.76. The summed E-state index contributed by atoms with van der Waals surface area (Å²) in [7, 11) is 1.26. The van der Waals surface area contributed by atoms with Gasteiger partial charge in [0, 0.05) is 18.7 Å². The Morgan fingerprint density at radius 2 is 1.84 bits per heavy atom. The number of rotatable bonds is 3. The lowest BCUT2D eigenvalue weighted by Gasteiger charge is -2.50. The molecule has 2 aromatic carbocycles. The summed E-state index contributed by atoms with van der Waals surface area (Å²) in [6.45, 7) is 1.04. The normalized spacial score (nSPS) is 21.6. The number of hydrogen-bond donors (Lipinski definition) is 1. The second kappa shape index (κ2) is 7.12. The molecule has 0 aromatic heterocycles. The Morgan fingerprint density at radius 3 is 2.61 bits per heavy atom. The van der Waals surface area contributed by atoms with Crippen LogP contribution in [0.4, 0.5) is 0 Å². The molecule has 1 saturated heterocycles. The first-order valence-corrected chi connectivity index (χ1v) is 10.1. The average Bonchev–Trinajstić information content (AvgIpc) is 2.83. The van der Waals surface area contributed by atoms with Crippen LogP contribution in [0.2, 0.25) is 0 Å². The number of carbonyl (C=O) groups excluding carboxylic acids is 3. The monoisotopic (exact) mass is 416 g/mol. The molecule has 5 rings (SSSR count). The van der Waals surface area contributed by atoms with E-state index >= 15 is 0 Å². The van der Waals surface area contributed by atoms with Crippen LogP contribution in [0.15, 0.2) is 77.6 Å². The van der Waals surface area contributed by atoms with Gasteiger partial charge in [0.2, 0.25) is 0 Å². The van der Waals surface area contributed by atoms with Crippen molar-refractivity contribution in [1.29, 1.82) is 0 Å². The molecule has 156 valence electrons. The maximum absolute atomic E-state index is 13.5. The van der Waals surface area contributed by atoms with Gasteiger partial charge in [0.1, 0.15) is 11.6 Å². The third-order valence-electron chi connectivity index (χ3n) is 5.79. The van der Waals surface area contributed by atoms with Crippen molar-refractivity contribution >= 4 is 17.5 Å². The maximum atomic E-state index is 13.5. The van der Waals surface area contributed by atoms with Crippen LogP contribution in [-0.2, 0) is 9.53 Å². The first kappa shape index (κ1) is 19.1. The molecule has 2 aromatic rings. The summed E-state index contributed by atoms with van der Waals surface area (Å²) in [4.78, 5) is 41.7. The molecule has 7 heteroatoms. The van der Waals surface area contributed by atoms with Crippen molar-refractivity contribution in [2.45, 2.75) is 12.1 Å². The molecule has 0 amide bonds. The summed E-state index contributed by atoms with van der Waals surface area (Å²) in [6, 6.07) is 15.6. The van der Waals surface area contributed by atoms with E-state index in [-0.39, 0.29) is 17.1 Å². The van der Waals surface area contributed by atoms with E-state index in [1.807, 2.05) is 6.07 Å². The van der Waals surface area contributed by atoms with Crippen molar-refractivity contribution in [3.05, 3.63) is 88.8 Å². The predicted octanol–water partition coefficient (Wildman–Crippen LogP) is 2.46. The van der Waals surface area contributed by atoms with Gasteiger partial charge in [-0.15, -0.1) is 0 Å². The van der Waals surface area contributed by atoms with Crippen molar-refractivity contribution < 1.29 is 23.9 Å². The molecule has 0 spiro atoms. The topological polar surface area (TPSA) is 84.9 Å². The van der Waals surface area contributed by atoms with Crippen LogP contribution in [0, 0.1) is 0 Å². The SMILES string of the molecule is COC(=O)C12Oc3ccccc3C(=O)C1=CC(C(=O)c1ccccc1)=C1NCCCN12. The van der Waals surface area contributed by atoms with Crippen molar-refractivity contribution in [1.82, 2.24) is 10.2 Å².